The summed E-state index contributed by atoms with van der Waals surface area (Å²) in [6.45, 7) is 7.51. The molecule has 0 saturated carbocycles. The highest BCUT2D eigenvalue weighted by molar-refractivity contribution is 5.94. The summed E-state index contributed by atoms with van der Waals surface area (Å²) in [5.74, 6) is 6.29. The van der Waals surface area contributed by atoms with Crippen LogP contribution in [-0.2, 0) is 4.74 Å². The molecule has 2 heterocycles. The van der Waals surface area contributed by atoms with Gasteiger partial charge in [-0.25, -0.2) is 14.5 Å². The number of nitrogen functional groups attached to an aromatic ring is 1. The molecule has 0 unspecified atom stereocenters. The van der Waals surface area contributed by atoms with E-state index in [1.807, 2.05) is 39.0 Å². The summed E-state index contributed by atoms with van der Waals surface area (Å²) >= 11 is 0. The topological polar surface area (TPSA) is 130 Å². The molecule has 1 aromatic heterocycles. The number of hydrogen-bond donors (Lipinski definition) is 3. The molecular formula is C25H31N7O3. The van der Waals surface area contributed by atoms with Gasteiger partial charge in [0.25, 0.3) is 5.91 Å². The Hall–Kier alpha value is -4.08. The van der Waals surface area contributed by atoms with Crippen molar-refractivity contribution in [2.45, 2.75) is 32.8 Å². The first-order valence-corrected chi connectivity index (χ1v) is 11.6. The summed E-state index contributed by atoms with van der Waals surface area (Å²) < 4.78 is 6.74. The smallest absolute Gasteiger partial charge is 0.410 e. The van der Waals surface area contributed by atoms with E-state index in [0.29, 0.717) is 60.7 Å². The predicted molar refractivity (Wildman–Crippen MR) is 134 cm³/mol. The first-order chi connectivity index (χ1) is 16.6. The lowest BCUT2D eigenvalue weighted by atomic mass is 10.1. The number of fused-ring (bicyclic) bond motifs is 1. The molecule has 0 bridgehead atoms. The number of rotatable bonds is 3. The lowest BCUT2D eigenvalue weighted by Crippen LogP contribution is -2.40. The number of benzene rings is 2. The zero-order valence-corrected chi connectivity index (χ0v) is 20.2. The van der Waals surface area contributed by atoms with Crippen molar-refractivity contribution in [1.82, 2.24) is 19.5 Å². The Kier molecular flexibility index (Phi) is 6.63. The summed E-state index contributed by atoms with van der Waals surface area (Å²) in [5.41, 5.74) is 2.05. The van der Waals surface area contributed by atoms with Gasteiger partial charge in [-0.1, -0.05) is 12.1 Å². The van der Waals surface area contributed by atoms with Gasteiger partial charge in [0.05, 0.1) is 11.0 Å². The fraction of sp³-hybridized carbons (Fsp3) is 0.360. The predicted octanol–water partition coefficient (Wildman–Crippen LogP) is 3.06. The molecule has 1 fully saturated rings. The van der Waals surface area contributed by atoms with E-state index in [1.165, 1.54) is 4.68 Å². The number of hydrogen-bond acceptors (Lipinski definition) is 7. The number of aromatic nitrogens is 2. The molecular weight excluding hydrogens is 446 g/mol. The van der Waals surface area contributed by atoms with Crippen LogP contribution in [0.15, 0.2) is 48.5 Å². The molecule has 10 heteroatoms. The molecule has 2 amide bonds. The fourth-order valence-corrected chi connectivity index (χ4v) is 3.90. The standard InChI is InChI=1S/C25H31N7O3/c1-25(2,3)35-24(34)31-14-6-13-30(15-16-31)23(33)17-9-11-18(12-10-17)28-22-21(26)32(27)20-8-5-4-7-19(20)29-22/h4-5,7-12,26H,6,13-16,27H2,1-3H3,(H,28,29). The van der Waals surface area contributed by atoms with Crippen LogP contribution < -0.4 is 16.6 Å². The highest BCUT2D eigenvalue weighted by Gasteiger charge is 2.26. The van der Waals surface area contributed by atoms with E-state index in [0.717, 1.165) is 0 Å². The number of amides is 2. The number of carbonyl (C=O) groups is 2. The Balaban J connectivity index is 1.42. The zero-order chi connectivity index (χ0) is 25.2. The van der Waals surface area contributed by atoms with E-state index in [9.17, 15) is 9.59 Å². The number of nitrogens with two attached hydrogens (primary N) is 1. The molecule has 3 aromatic rings. The van der Waals surface area contributed by atoms with Gasteiger partial charge in [0.15, 0.2) is 11.3 Å². The molecule has 1 saturated heterocycles. The molecule has 1 aliphatic heterocycles. The Morgan fingerprint density at radius 1 is 1.00 bits per heavy atom. The maximum atomic E-state index is 13.1. The molecule has 35 heavy (non-hydrogen) atoms. The average molecular weight is 478 g/mol. The van der Waals surface area contributed by atoms with Crippen molar-refractivity contribution in [3.8, 4) is 0 Å². The van der Waals surface area contributed by atoms with Crippen LogP contribution in [0.3, 0.4) is 0 Å². The maximum absolute atomic E-state index is 13.1. The summed E-state index contributed by atoms with van der Waals surface area (Å²) in [7, 11) is 0. The molecule has 4 rings (SSSR count). The van der Waals surface area contributed by atoms with Crippen molar-refractivity contribution < 1.29 is 14.3 Å². The van der Waals surface area contributed by atoms with Crippen LogP contribution in [0.5, 0.6) is 0 Å². The largest absolute Gasteiger partial charge is 0.444 e. The molecule has 0 aliphatic carbocycles. The summed E-state index contributed by atoms with van der Waals surface area (Å²) in [5, 5.41) is 11.4. The van der Waals surface area contributed by atoms with Crippen molar-refractivity contribution in [1.29, 1.82) is 5.41 Å². The molecule has 1 aliphatic rings. The van der Waals surface area contributed by atoms with Gasteiger partial charge in [-0.3, -0.25) is 10.2 Å². The van der Waals surface area contributed by atoms with E-state index in [2.05, 4.69) is 10.3 Å². The first kappa shape index (κ1) is 24.1. The molecule has 184 valence electrons. The lowest BCUT2D eigenvalue weighted by Gasteiger charge is -2.26. The van der Waals surface area contributed by atoms with Crippen molar-refractivity contribution >= 4 is 34.5 Å². The second kappa shape index (κ2) is 9.65. The normalized spacial score (nSPS) is 14.5. The van der Waals surface area contributed by atoms with Crippen LogP contribution >= 0.6 is 0 Å². The SMILES string of the molecule is CC(C)(C)OC(=O)N1CCCN(C(=O)c2ccc(Nc3nc4ccccc4n(N)c3=N)cc2)CC1. The molecule has 4 N–H and O–H groups in total. The number of anilines is 2. The monoisotopic (exact) mass is 477 g/mol. The van der Waals surface area contributed by atoms with Crippen LogP contribution in [0.1, 0.15) is 37.6 Å². The highest BCUT2D eigenvalue weighted by atomic mass is 16.6. The van der Waals surface area contributed by atoms with Gasteiger partial charge >= 0.3 is 6.09 Å². The number of para-hydroxylation sites is 2. The minimum absolute atomic E-state index is 0.0444. The Labute approximate surface area is 203 Å². The molecule has 2 aromatic carbocycles. The molecule has 0 atom stereocenters. The van der Waals surface area contributed by atoms with Crippen molar-refractivity contribution in [2.24, 2.45) is 0 Å². The van der Waals surface area contributed by atoms with Gasteiger partial charge in [-0.15, -0.1) is 0 Å². The molecule has 10 nitrogen and oxygen atoms in total. The van der Waals surface area contributed by atoms with Crippen molar-refractivity contribution in [3.05, 3.63) is 59.6 Å². The van der Waals surface area contributed by atoms with Crippen molar-refractivity contribution in [3.63, 3.8) is 0 Å². The Bertz CT molecular complexity index is 1300. The number of nitrogens with zero attached hydrogens (tertiary/aromatic N) is 4. The second-order valence-corrected chi connectivity index (χ2v) is 9.48. The fourth-order valence-electron chi connectivity index (χ4n) is 3.90. The van der Waals surface area contributed by atoms with Gasteiger partial charge in [0.1, 0.15) is 5.60 Å². The third-order valence-corrected chi connectivity index (χ3v) is 5.67. The van der Waals surface area contributed by atoms with Crippen LogP contribution in [0, 0.1) is 5.41 Å². The minimum atomic E-state index is -0.553. The number of carbonyl (C=O) groups excluding carboxylic acids is 2. The first-order valence-electron chi connectivity index (χ1n) is 11.6. The van der Waals surface area contributed by atoms with Crippen molar-refractivity contribution in [2.75, 3.05) is 37.3 Å². The molecule has 0 radical (unpaired) electrons. The van der Waals surface area contributed by atoms with E-state index in [1.54, 1.807) is 40.1 Å². The third-order valence-electron chi connectivity index (χ3n) is 5.67. The number of ether oxygens (including phenoxy) is 1. The van der Waals surface area contributed by atoms with E-state index in [4.69, 9.17) is 16.0 Å². The van der Waals surface area contributed by atoms with Gasteiger partial charge in [-0.05, 0) is 63.6 Å². The lowest BCUT2D eigenvalue weighted by molar-refractivity contribution is 0.0255. The van der Waals surface area contributed by atoms with E-state index in [-0.39, 0.29) is 17.5 Å². The quantitative estimate of drug-likeness (QED) is 0.497. The third kappa shape index (κ3) is 5.53. The van der Waals surface area contributed by atoms with E-state index < -0.39 is 5.60 Å². The van der Waals surface area contributed by atoms with Gasteiger partial charge in [0, 0.05) is 37.4 Å². The van der Waals surface area contributed by atoms with Gasteiger partial charge in [0.2, 0.25) is 0 Å². The zero-order valence-electron chi connectivity index (χ0n) is 20.2. The summed E-state index contributed by atoms with van der Waals surface area (Å²) in [4.78, 5) is 33.4. The van der Waals surface area contributed by atoms with Crippen LogP contribution in [0.25, 0.3) is 11.0 Å². The average Bonchev–Trinajstić information content (AvgIpc) is 3.08. The van der Waals surface area contributed by atoms with E-state index >= 15 is 0 Å². The highest BCUT2D eigenvalue weighted by Crippen LogP contribution is 2.18. The second-order valence-electron chi connectivity index (χ2n) is 9.48. The maximum Gasteiger partial charge on any atom is 0.410 e. The Morgan fingerprint density at radius 3 is 2.37 bits per heavy atom. The van der Waals surface area contributed by atoms with Crippen LogP contribution in [0.4, 0.5) is 16.3 Å². The summed E-state index contributed by atoms with van der Waals surface area (Å²) in [6.07, 6.45) is 0.334. The Morgan fingerprint density at radius 2 is 1.66 bits per heavy atom. The van der Waals surface area contributed by atoms with Gasteiger partial charge < -0.3 is 25.7 Å². The summed E-state index contributed by atoms with van der Waals surface area (Å²) in [6, 6.07) is 14.4. The molecule has 0 spiro atoms. The van der Waals surface area contributed by atoms with Crippen LogP contribution in [-0.4, -0.2) is 63.2 Å². The minimum Gasteiger partial charge on any atom is -0.444 e. The number of nitrogens with one attached hydrogen (secondary N) is 2. The van der Waals surface area contributed by atoms with Gasteiger partial charge in [-0.2, -0.15) is 0 Å². The van der Waals surface area contributed by atoms with Crippen LogP contribution in [0.2, 0.25) is 0 Å².